The molecule has 0 aliphatic carbocycles. The zero-order valence-electron chi connectivity index (χ0n) is 8.74. The number of benzene rings is 2. The minimum Gasteiger partial charge on any atom is -0.457 e. The van der Waals surface area contributed by atoms with Gasteiger partial charge in [-0.15, -0.1) is 3.69 Å². The van der Waals surface area contributed by atoms with Gasteiger partial charge in [0.2, 0.25) is 0 Å². The van der Waals surface area contributed by atoms with Crippen LogP contribution in [0.15, 0.2) is 42.5 Å². The molecule has 0 aromatic heterocycles. The van der Waals surface area contributed by atoms with E-state index in [1.54, 1.807) is 0 Å². The van der Waals surface area contributed by atoms with E-state index in [0.29, 0.717) is 0 Å². The van der Waals surface area contributed by atoms with Crippen molar-refractivity contribution < 1.29 is 4.74 Å². The van der Waals surface area contributed by atoms with E-state index >= 15 is 0 Å². The number of hydrogen-bond donors (Lipinski definition) is 0. The largest absolute Gasteiger partial charge is 0.538 e. The number of rotatable bonds is 1. The number of halogens is 1. The Kier molecular flexibility index (Phi) is 2.80. The van der Waals surface area contributed by atoms with Crippen LogP contribution in [0.3, 0.4) is 0 Å². The minimum atomic E-state index is -0.598. The second kappa shape index (κ2) is 4.28. The fourth-order valence-electron chi connectivity index (χ4n) is 2.03. The van der Waals surface area contributed by atoms with Crippen molar-refractivity contribution in [3.8, 4) is 11.5 Å². The lowest BCUT2D eigenvalue weighted by molar-refractivity contribution is 0.460. The van der Waals surface area contributed by atoms with Crippen molar-refractivity contribution in [1.29, 1.82) is 0 Å². The molecule has 16 heavy (non-hydrogen) atoms. The molecule has 1 aliphatic heterocycles. The van der Waals surface area contributed by atoms with Crippen LogP contribution in [0.4, 0.5) is 0 Å². The molecule has 1 heterocycles. The maximum absolute atomic E-state index is 5.97. The predicted octanol–water partition coefficient (Wildman–Crippen LogP) is 2.87. The van der Waals surface area contributed by atoms with Crippen molar-refractivity contribution in [3.05, 3.63) is 53.6 Å². The molecule has 0 N–H and O–H groups in total. The fourth-order valence-corrected chi connectivity index (χ4v) is 3.06. The standard InChI is InChI=1S/C13H9O.ClH.Mg/c1-3-7-12-10(5-1)9-11-6-2-4-8-13(11)14-12;;/h1,3-8H,9H2;1H;/q;;+1/p-1. The summed E-state index contributed by atoms with van der Waals surface area (Å²) in [5.41, 5.74) is 2.51. The van der Waals surface area contributed by atoms with Crippen LogP contribution in [0.2, 0.25) is 0 Å². The number of ether oxygens (including phenoxy) is 1. The average molecular weight is 241 g/mol. The quantitative estimate of drug-likeness (QED) is 0.595. The number of hydrogen-bond acceptors (Lipinski definition) is 1. The van der Waals surface area contributed by atoms with Crippen molar-refractivity contribution in [2.75, 3.05) is 0 Å². The van der Waals surface area contributed by atoms with Crippen LogP contribution in [0.25, 0.3) is 0 Å². The van der Waals surface area contributed by atoms with Gasteiger partial charge < -0.3 is 13.8 Å². The van der Waals surface area contributed by atoms with Crippen molar-refractivity contribution in [3.63, 3.8) is 0 Å². The highest BCUT2D eigenvalue weighted by Crippen LogP contribution is 2.35. The van der Waals surface area contributed by atoms with Crippen LogP contribution in [-0.4, -0.2) is 19.3 Å². The Morgan fingerprint density at radius 2 is 1.81 bits per heavy atom. The number of para-hydroxylation sites is 1. The van der Waals surface area contributed by atoms with E-state index in [1.807, 2.05) is 24.3 Å². The Balaban J connectivity index is 2.05. The van der Waals surface area contributed by atoms with Gasteiger partial charge in [-0.3, -0.25) is 0 Å². The summed E-state index contributed by atoms with van der Waals surface area (Å²) in [5.74, 6) is 1.95. The van der Waals surface area contributed by atoms with Crippen LogP contribution in [0, 0.1) is 0 Å². The normalized spacial score (nSPS) is 12.1. The maximum atomic E-state index is 5.97. The molecule has 0 saturated heterocycles. The molecular weight excluding hydrogens is 232 g/mol. The topological polar surface area (TPSA) is 9.23 Å². The molecule has 1 nitrogen and oxygen atoms in total. The van der Waals surface area contributed by atoms with E-state index in [4.69, 9.17) is 13.8 Å². The van der Waals surface area contributed by atoms with Crippen LogP contribution in [0.1, 0.15) is 11.1 Å². The van der Waals surface area contributed by atoms with Gasteiger partial charge in [0.25, 0.3) is 0 Å². The lowest BCUT2D eigenvalue weighted by Crippen LogP contribution is -2.12. The van der Waals surface area contributed by atoms with Crippen LogP contribution in [0.5, 0.6) is 11.5 Å². The van der Waals surface area contributed by atoms with Gasteiger partial charge in [-0.05, 0) is 23.3 Å². The summed E-state index contributed by atoms with van der Waals surface area (Å²) in [5, 5.41) is 0. The third-order valence-corrected chi connectivity index (χ3v) is 4.53. The third kappa shape index (κ3) is 1.81. The van der Waals surface area contributed by atoms with Crippen LogP contribution in [-0.2, 0) is 6.42 Å². The van der Waals surface area contributed by atoms with E-state index in [9.17, 15) is 0 Å². The number of fused-ring (bicyclic) bond motifs is 2. The van der Waals surface area contributed by atoms with Crippen molar-refractivity contribution >= 4 is 32.0 Å². The van der Waals surface area contributed by atoms with Gasteiger partial charge in [0.15, 0.2) is 0 Å². The van der Waals surface area contributed by atoms with Gasteiger partial charge >= 0.3 is 19.3 Å². The molecule has 0 bridgehead atoms. The highest BCUT2D eigenvalue weighted by molar-refractivity contribution is 7.01. The minimum absolute atomic E-state index is 0.598. The van der Waals surface area contributed by atoms with Crippen molar-refractivity contribution in [2.24, 2.45) is 0 Å². The second-order valence-electron chi connectivity index (χ2n) is 3.96. The molecule has 0 radical (unpaired) electrons. The summed E-state index contributed by atoms with van der Waals surface area (Å²) in [6, 6.07) is 14.5. The molecule has 0 fully saturated rings. The maximum Gasteiger partial charge on any atom is 0.538 e. The second-order valence-corrected chi connectivity index (χ2v) is 5.85. The summed E-state index contributed by atoms with van der Waals surface area (Å²) in [4.78, 5) is 0. The smallest absolute Gasteiger partial charge is 0.457 e. The van der Waals surface area contributed by atoms with E-state index in [-0.39, 0.29) is 0 Å². The highest BCUT2D eigenvalue weighted by atomic mass is 35.5. The summed E-state index contributed by atoms with van der Waals surface area (Å²) in [6.45, 7) is 0. The van der Waals surface area contributed by atoms with Crippen LogP contribution < -0.4 is 8.43 Å². The first-order chi connectivity index (χ1) is 7.86. The van der Waals surface area contributed by atoms with Gasteiger partial charge in [0.05, 0.1) is 0 Å². The summed E-state index contributed by atoms with van der Waals surface area (Å²) in [7, 11) is 5.97. The Hall–Kier alpha value is -0.704. The van der Waals surface area contributed by atoms with E-state index < -0.39 is 19.3 Å². The van der Waals surface area contributed by atoms with Gasteiger partial charge in [-0.2, -0.15) is 0 Å². The molecule has 76 valence electrons. The predicted molar refractivity (Wildman–Crippen MR) is 67.0 cm³/mol. The van der Waals surface area contributed by atoms with E-state index in [0.717, 1.165) is 17.9 Å². The average Bonchev–Trinajstić information content (AvgIpc) is 2.35. The first-order valence-electron chi connectivity index (χ1n) is 5.30. The monoisotopic (exact) mass is 240 g/mol. The van der Waals surface area contributed by atoms with Crippen molar-refractivity contribution in [2.45, 2.75) is 6.42 Å². The molecule has 1 aliphatic rings. The first-order valence-corrected chi connectivity index (χ1v) is 8.15. The summed E-state index contributed by atoms with van der Waals surface area (Å²) in [6.07, 6.45) is 0.949. The Labute approximate surface area is 108 Å². The van der Waals surface area contributed by atoms with Gasteiger partial charge in [-0.1, -0.05) is 30.3 Å². The Bertz CT molecular complexity index is 539. The third-order valence-electron chi connectivity index (χ3n) is 2.85. The van der Waals surface area contributed by atoms with Crippen LogP contribution >= 0.6 is 9.07 Å². The first kappa shape index (κ1) is 10.5. The summed E-state index contributed by atoms with van der Waals surface area (Å²) >= 11 is -0.598. The van der Waals surface area contributed by atoms with E-state index in [1.165, 1.54) is 14.8 Å². The van der Waals surface area contributed by atoms with Gasteiger partial charge in [-0.25, -0.2) is 0 Å². The molecule has 0 atom stereocenters. The van der Waals surface area contributed by atoms with Gasteiger partial charge in [0, 0.05) is 6.42 Å². The molecule has 0 spiro atoms. The molecule has 0 amide bonds. The molecule has 3 rings (SSSR count). The lowest BCUT2D eigenvalue weighted by Gasteiger charge is -2.20. The van der Waals surface area contributed by atoms with E-state index in [2.05, 4.69) is 18.2 Å². The molecule has 2 aromatic carbocycles. The summed E-state index contributed by atoms with van der Waals surface area (Å²) < 4.78 is 7.13. The molecule has 0 unspecified atom stereocenters. The fraction of sp³-hybridized carbons (Fsp3) is 0.0769. The lowest BCUT2D eigenvalue weighted by atomic mass is 10.0. The Morgan fingerprint density at radius 1 is 1.00 bits per heavy atom. The van der Waals surface area contributed by atoms with Crippen molar-refractivity contribution in [1.82, 2.24) is 0 Å². The van der Waals surface area contributed by atoms with Gasteiger partial charge in [0.1, 0.15) is 11.5 Å². The molecule has 0 saturated carbocycles. The highest BCUT2D eigenvalue weighted by Gasteiger charge is 2.16. The Morgan fingerprint density at radius 3 is 2.69 bits per heavy atom. The SMILES string of the molecule is [Cl][Mg][c]1ccc2c(c1)Cc1ccccc1O2. The molecular formula is C13H9ClMgO. The zero-order valence-corrected chi connectivity index (χ0v) is 10.9. The zero-order chi connectivity index (χ0) is 11.0. The molecule has 3 heteroatoms. The molecule has 2 aromatic rings.